The zero-order valence-electron chi connectivity index (χ0n) is 20.6. The topological polar surface area (TPSA) is 139 Å². The highest BCUT2D eigenvalue weighted by molar-refractivity contribution is 7.93. The van der Waals surface area contributed by atoms with Gasteiger partial charge >= 0.3 is 0 Å². The second kappa shape index (κ2) is 10.7. The average Bonchev–Trinajstić information content (AvgIpc) is 3.49. The van der Waals surface area contributed by atoms with Crippen molar-refractivity contribution in [1.29, 1.82) is 0 Å². The molecule has 196 valence electrons. The third kappa shape index (κ3) is 5.89. The Morgan fingerprint density at radius 2 is 2.08 bits per heavy atom. The molecular formula is C24H29N7O4S2. The van der Waals surface area contributed by atoms with Crippen LogP contribution in [0.2, 0.25) is 0 Å². The molecule has 0 unspecified atom stereocenters. The first-order chi connectivity index (χ1) is 17.8. The fourth-order valence-corrected chi connectivity index (χ4v) is 6.57. The van der Waals surface area contributed by atoms with Crippen LogP contribution in [0.3, 0.4) is 0 Å². The number of anilines is 1. The summed E-state index contributed by atoms with van der Waals surface area (Å²) in [5.74, 6) is 0.0771. The van der Waals surface area contributed by atoms with Crippen molar-refractivity contribution in [3.8, 4) is 16.5 Å². The average molecular weight is 544 g/mol. The van der Waals surface area contributed by atoms with Gasteiger partial charge in [-0.3, -0.25) is 19.5 Å². The molecule has 1 aliphatic carbocycles. The number of aromatic nitrogens is 4. The van der Waals surface area contributed by atoms with Gasteiger partial charge in [0.2, 0.25) is 15.9 Å². The van der Waals surface area contributed by atoms with Crippen molar-refractivity contribution in [1.82, 2.24) is 30.2 Å². The fourth-order valence-electron chi connectivity index (χ4n) is 4.42. The Hall–Kier alpha value is -3.16. The normalized spacial score (nSPS) is 18.9. The Labute approximate surface area is 219 Å². The third-order valence-corrected chi connectivity index (χ3v) is 9.32. The maximum absolute atomic E-state index is 13.3. The number of ether oxygens (including phenoxy) is 1. The van der Waals surface area contributed by atoms with Crippen LogP contribution in [0.5, 0.6) is 5.88 Å². The molecule has 0 radical (unpaired) electrons. The Bertz CT molecular complexity index is 1380. The summed E-state index contributed by atoms with van der Waals surface area (Å²) in [5, 5.41) is 3.06. The quantitative estimate of drug-likeness (QED) is 0.395. The molecule has 2 atom stereocenters. The second-order valence-corrected chi connectivity index (χ2v) is 12.2. The van der Waals surface area contributed by atoms with Crippen LogP contribution in [-0.4, -0.2) is 70.7 Å². The van der Waals surface area contributed by atoms with E-state index in [4.69, 9.17) is 4.74 Å². The van der Waals surface area contributed by atoms with E-state index >= 15 is 0 Å². The molecule has 13 heteroatoms. The molecule has 3 aromatic heterocycles. The van der Waals surface area contributed by atoms with Crippen molar-refractivity contribution in [3.05, 3.63) is 47.6 Å². The van der Waals surface area contributed by atoms with Crippen molar-refractivity contribution in [2.75, 3.05) is 24.9 Å². The molecule has 3 aromatic rings. The van der Waals surface area contributed by atoms with Crippen molar-refractivity contribution in [2.45, 2.75) is 49.9 Å². The zero-order chi connectivity index (χ0) is 26.0. The first-order valence-corrected chi connectivity index (χ1v) is 14.6. The summed E-state index contributed by atoms with van der Waals surface area (Å²) in [7, 11) is -1.40. The van der Waals surface area contributed by atoms with Gasteiger partial charge in [0.15, 0.2) is 5.01 Å². The van der Waals surface area contributed by atoms with Gasteiger partial charge in [0, 0.05) is 18.4 Å². The van der Waals surface area contributed by atoms with Gasteiger partial charge < -0.3 is 15.0 Å². The Morgan fingerprint density at radius 3 is 2.81 bits per heavy atom. The molecule has 1 saturated carbocycles. The molecule has 2 N–H and O–H groups in total. The second-order valence-electron chi connectivity index (χ2n) is 9.16. The minimum absolute atomic E-state index is 0.0138. The molecule has 1 amide bonds. The van der Waals surface area contributed by atoms with E-state index in [1.165, 1.54) is 17.5 Å². The van der Waals surface area contributed by atoms with Gasteiger partial charge in [0.25, 0.3) is 5.91 Å². The van der Waals surface area contributed by atoms with E-state index in [1.807, 2.05) is 14.0 Å². The number of hydrogen-bond donors (Lipinski definition) is 2. The number of amides is 1. The van der Waals surface area contributed by atoms with Crippen LogP contribution in [0.4, 0.5) is 5.69 Å². The van der Waals surface area contributed by atoms with Gasteiger partial charge in [-0.25, -0.2) is 18.4 Å². The van der Waals surface area contributed by atoms with Crippen molar-refractivity contribution in [3.63, 3.8) is 0 Å². The highest BCUT2D eigenvalue weighted by Crippen LogP contribution is 2.32. The molecule has 1 aliphatic heterocycles. The number of thiazole rings is 1. The van der Waals surface area contributed by atoms with Gasteiger partial charge in [-0.1, -0.05) is 0 Å². The van der Waals surface area contributed by atoms with Crippen LogP contribution in [-0.2, 0) is 10.0 Å². The number of rotatable bonds is 10. The van der Waals surface area contributed by atoms with Crippen LogP contribution in [0, 0.1) is 0 Å². The summed E-state index contributed by atoms with van der Waals surface area (Å²) in [6.07, 6.45) is 9.54. The van der Waals surface area contributed by atoms with E-state index in [9.17, 15) is 13.2 Å². The van der Waals surface area contributed by atoms with E-state index in [2.05, 4.69) is 34.9 Å². The van der Waals surface area contributed by atoms with Crippen molar-refractivity contribution < 1.29 is 17.9 Å². The van der Waals surface area contributed by atoms with Crippen LogP contribution >= 0.6 is 11.3 Å². The van der Waals surface area contributed by atoms with E-state index in [-0.39, 0.29) is 22.2 Å². The molecule has 0 aromatic carbocycles. The summed E-state index contributed by atoms with van der Waals surface area (Å²) in [6.45, 7) is 3.25. The fraction of sp³-hybridized carbons (Fsp3) is 0.458. The maximum atomic E-state index is 13.3. The monoisotopic (exact) mass is 543 g/mol. The number of carbonyl (C=O) groups excluding carboxylic acids is 1. The SMILES string of the molecule is CCOc1cncc(-c2cnc(C(=O)N[C@H](c3cc(NS(=O)(=O)C4CC4)ccn3)[C@@H]3CCCN3C)s2)n1. The third-order valence-electron chi connectivity index (χ3n) is 6.43. The predicted octanol–water partition coefficient (Wildman–Crippen LogP) is 2.86. The largest absolute Gasteiger partial charge is 0.477 e. The molecule has 0 bridgehead atoms. The number of likely N-dealkylation sites (N-methyl/N-ethyl adjacent to an activating group) is 1. The van der Waals surface area contributed by atoms with Crippen LogP contribution in [0.15, 0.2) is 36.9 Å². The molecule has 1 saturated heterocycles. The Kier molecular flexibility index (Phi) is 7.36. The minimum atomic E-state index is -3.41. The summed E-state index contributed by atoms with van der Waals surface area (Å²) in [6, 6.07) is 2.91. The Morgan fingerprint density at radius 1 is 1.24 bits per heavy atom. The number of hydrogen-bond acceptors (Lipinski definition) is 10. The number of nitrogens with zero attached hydrogens (tertiary/aromatic N) is 5. The highest BCUT2D eigenvalue weighted by Gasteiger charge is 2.36. The van der Waals surface area contributed by atoms with Crippen LogP contribution < -0.4 is 14.8 Å². The van der Waals surface area contributed by atoms with E-state index in [0.29, 0.717) is 47.3 Å². The molecule has 2 fully saturated rings. The smallest absolute Gasteiger partial charge is 0.280 e. The molecule has 0 spiro atoms. The molecule has 11 nitrogen and oxygen atoms in total. The zero-order valence-corrected chi connectivity index (χ0v) is 22.3. The standard InChI is InChI=1S/C24H29N7O4S2/c1-3-35-21-14-25-12-18(28-21)20-13-27-24(36-20)23(32)29-22(19-5-4-10-31(19)2)17-11-15(8-9-26-17)30-37(33,34)16-6-7-16/h8-9,11-14,16,19,22H,3-7,10H2,1-2H3,(H,26,30)(H,29,32)/t19-,22+/m0/s1. The number of likely N-dealkylation sites (tertiary alicyclic amines) is 1. The molecular weight excluding hydrogens is 514 g/mol. The summed E-state index contributed by atoms with van der Waals surface area (Å²) in [5.41, 5.74) is 1.61. The summed E-state index contributed by atoms with van der Waals surface area (Å²) < 4.78 is 33.0. The molecule has 2 aliphatic rings. The first-order valence-electron chi connectivity index (χ1n) is 12.2. The number of nitrogens with one attached hydrogen (secondary N) is 2. The van der Waals surface area contributed by atoms with Crippen LogP contribution in [0.1, 0.15) is 54.1 Å². The molecule has 37 heavy (non-hydrogen) atoms. The lowest BCUT2D eigenvalue weighted by Gasteiger charge is -2.29. The first kappa shape index (κ1) is 25.5. The highest BCUT2D eigenvalue weighted by atomic mass is 32.2. The van der Waals surface area contributed by atoms with Gasteiger partial charge in [-0.15, -0.1) is 11.3 Å². The van der Waals surface area contributed by atoms with Gasteiger partial charge in [-0.2, -0.15) is 0 Å². The molecule has 5 rings (SSSR count). The van der Waals surface area contributed by atoms with Crippen molar-refractivity contribution in [2.24, 2.45) is 0 Å². The van der Waals surface area contributed by atoms with Crippen LogP contribution in [0.25, 0.3) is 10.6 Å². The van der Waals surface area contributed by atoms with Crippen molar-refractivity contribution >= 4 is 33.0 Å². The minimum Gasteiger partial charge on any atom is -0.477 e. The van der Waals surface area contributed by atoms with Gasteiger partial charge in [0.05, 0.1) is 46.6 Å². The van der Waals surface area contributed by atoms with Gasteiger partial charge in [0.1, 0.15) is 5.69 Å². The maximum Gasteiger partial charge on any atom is 0.280 e. The van der Waals surface area contributed by atoms with E-state index in [1.54, 1.807) is 30.7 Å². The Balaban J connectivity index is 1.38. The lowest BCUT2D eigenvalue weighted by atomic mass is 10.0. The summed E-state index contributed by atoms with van der Waals surface area (Å²) in [4.78, 5) is 33.6. The molecule has 4 heterocycles. The predicted molar refractivity (Wildman–Crippen MR) is 140 cm³/mol. The van der Waals surface area contributed by atoms with E-state index in [0.717, 1.165) is 19.4 Å². The summed E-state index contributed by atoms with van der Waals surface area (Å²) >= 11 is 1.22. The van der Waals surface area contributed by atoms with E-state index < -0.39 is 16.1 Å². The van der Waals surface area contributed by atoms with Gasteiger partial charge in [-0.05, 0) is 58.3 Å². The number of sulfonamides is 1. The number of carbonyl (C=O) groups is 1. The lowest BCUT2D eigenvalue weighted by molar-refractivity contribution is 0.0910. The lowest BCUT2D eigenvalue weighted by Crippen LogP contribution is -2.42. The number of pyridine rings is 1.